The molecular formula is C90H103Cl8N19O7S4. The van der Waals surface area contributed by atoms with E-state index in [1.54, 1.807) is 49.1 Å². The second-order valence-electron chi connectivity index (χ2n) is 34.6. The van der Waals surface area contributed by atoms with Gasteiger partial charge in [-0.1, -0.05) is 164 Å². The summed E-state index contributed by atoms with van der Waals surface area (Å²) in [6.45, 7) is 17.8. The summed E-state index contributed by atoms with van der Waals surface area (Å²) in [5.41, 5.74) is 45.7. The monoisotopic (exact) mass is 1970 g/mol. The summed E-state index contributed by atoms with van der Waals surface area (Å²) in [5.74, 6) is 3.90. The largest absolute Gasteiger partial charge is 0.398 e. The SMILES string of the molecule is CC1OCC2(CCN(c3cc(CO)c(Sc4cccc(Cl)c4Cl)c4nccn34)CC2)C1N.CC1OCC2(CCN(c3cc(N)c(Sc4cccc(Cl)c4Cl)c4ncc(CO)n34)CC2)C1N.CC1OCC2(CCN(c3cc(N)c(Sc4cccc(Cl)c4Cl)c4nccn34)CC2)C1N.CC1OCC2(CCN(c3cnc(Sc4cccc(Cl)c4Cl)c4ncc(CO)n34)CC2)C1N. The van der Waals surface area contributed by atoms with Gasteiger partial charge in [0.25, 0.3) is 0 Å². The number of nitrogens with zero attached hydrogens (tertiary/aromatic N) is 13. The molecule has 680 valence electrons. The topological polar surface area (TPSA) is 349 Å². The van der Waals surface area contributed by atoms with Crippen molar-refractivity contribution in [1.29, 1.82) is 0 Å². The van der Waals surface area contributed by atoms with Crippen LogP contribution in [0.5, 0.6) is 0 Å². The smallest absolute Gasteiger partial charge is 0.171 e. The first kappa shape index (κ1) is 93.5. The normalized spacial score (nSPS) is 22.8. The van der Waals surface area contributed by atoms with Gasteiger partial charge in [0.1, 0.15) is 28.3 Å². The Balaban J connectivity index is 0.000000120. The first-order chi connectivity index (χ1) is 61.6. The quantitative estimate of drug-likeness (QED) is 0.0460. The van der Waals surface area contributed by atoms with E-state index in [-0.39, 0.29) is 90.1 Å². The van der Waals surface area contributed by atoms with Crippen LogP contribution in [0.1, 0.15) is 96.0 Å². The van der Waals surface area contributed by atoms with Gasteiger partial charge in [-0.3, -0.25) is 17.6 Å². The number of rotatable bonds is 15. The fourth-order valence-corrected chi connectivity index (χ4v) is 25.2. The molecule has 26 nitrogen and oxygen atoms in total. The Hall–Kier alpha value is -6.35. The van der Waals surface area contributed by atoms with Crippen LogP contribution in [0, 0.1) is 21.7 Å². The number of fused-ring (bicyclic) bond motifs is 4. The molecule has 8 aromatic heterocycles. The third-order valence-electron chi connectivity index (χ3n) is 27.4. The minimum Gasteiger partial charge on any atom is -0.398 e. The van der Waals surface area contributed by atoms with E-state index in [0.717, 1.165) is 198 Å². The van der Waals surface area contributed by atoms with Crippen LogP contribution in [0.2, 0.25) is 40.2 Å². The molecule has 38 heteroatoms. The van der Waals surface area contributed by atoms with Gasteiger partial charge in [0.05, 0.1) is 167 Å². The van der Waals surface area contributed by atoms with Gasteiger partial charge in [-0.25, -0.2) is 24.9 Å². The molecule has 16 heterocycles. The lowest BCUT2D eigenvalue weighted by Gasteiger charge is -2.42. The lowest BCUT2D eigenvalue weighted by atomic mass is 9.73. The molecule has 12 aromatic rings. The highest BCUT2D eigenvalue weighted by molar-refractivity contribution is 8.00. The third kappa shape index (κ3) is 17.9. The Kier molecular flexibility index (Phi) is 28.4. The van der Waals surface area contributed by atoms with Crippen molar-refractivity contribution < 1.29 is 34.3 Å². The van der Waals surface area contributed by atoms with Gasteiger partial charge in [0.15, 0.2) is 22.6 Å². The molecule has 8 fully saturated rings. The number of pyridine rings is 3. The van der Waals surface area contributed by atoms with E-state index < -0.39 is 0 Å². The summed E-state index contributed by atoms with van der Waals surface area (Å²) in [4.78, 5) is 38.2. The number of aromatic nitrogens is 9. The number of ether oxygens (including phenoxy) is 4. The van der Waals surface area contributed by atoms with Gasteiger partial charge in [0, 0.05) is 155 Å². The Morgan fingerprint density at radius 3 is 1.06 bits per heavy atom. The number of nitrogen functional groups attached to an aromatic ring is 2. The molecule has 15 N–H and O–H groups in total. The van der Waals surface area contributed by atoms with Crippen LogP contribution in [-0.2, 0) is 38.8 Å². The Bertz CT molecular complexity index is 6020. The molecule has 8 unspecified atom stereocenters. The van der Waals surface area contributed by atoms with Crippen molar-refractivity contribution in [1.82, 2.24) is 42.5 Å². The molecule has 0 radical (unpaired) electrons. The van der Waals surface area contributed by atoms with Gasteiger partial charge in [0.2, 0.25) is 0 Å². The number of nitrogens with two attached hydrogens (primary N) is 6. The summed E-state index contributed by atoms with van der Waals surface area (Å²) in [5, 5.41) is 34.9. The van der Waals surface area contributed by atoms with Gasteiger partial charge < -0.3 is 88.3 Å². The van der Waals surface area contributed by atoms with Crippen molar-refractivity contribution in [2.24, 2.45) is 44.6 Å². The second-order valence-corrected chi connectivity index (χ2v) is 41.9. The number of halogens is 8. The highest BCUT2D eigenvalue weighted by atomic mass is 35.5. The maximum absolute atomic E-state index is 10.2. The number of benzene rings is 4. The average molecular weight is 1970 g/mol. The molecule has 0 saturated carbocycles. The molecule has 0 amide bonds. The number of piperidine rings is 4. The van der Waals surface area contributed by atoms with E-state index in [1.165, 1.54) is 47.0 Å². The maximum Gasteiger partial charge on any atom is 0.171 e. The molecule has 0 bridgehead atoms. The van der Waals surface area contributed by atoms with Crippen molar-refractivity contribution in [3.05, 3.63) is 192 Å². The summed E-state index contributed by atoms with van der Waals surface area (Å²) < 4.78 is 31.6. The molecule has 0 aliphatic carbocycles. The zero-order chi connectivity index (χ0) is 90.0. The van der Waals surface area contributed by atoms with Crippen LogP contribution in [-0.4, -0.2) is 185 Å². The first-order valence-electron chi connectivity index (χ1n) is 42.8. The summed E-state index contributed by atoms with van der Waals surface area (Å²) >= 11 is 56.2. The zero-order valence-electron chi connectivity index (χ0n) is 71.0. The van der Waals surface area contributed by atoms with E-state index in [1.807, 2.05) is 88.1 Å². The third-order valence-corrected chi connectivity index (χ3v) is 35.7. The fourth-order valence-electron chi connectivity index (χ4n) is 19.4. The Labute approximate surface area is 799 Å². The zero-order valence-corrected chi connectivity index (χ0v) is 80.3. The first-order valence-corrected chi connectivity index (χ1v) is 49.1. The standard InChI is InChI=1S/C23H27Cl2N5O2S.C23H26Cl2N4O2S.C22H25Cl2N5O2S.C22H25Cl2N5OS/c1-13-21(27)23(12-32-13)5-7-29(8-6-23)18-9-16(26)20(22-28-10-14(11-31)30(18)22)33-17-4-2-3-15(24)19(17)25;1-14-21(26)23(13-31-14)5-8-28(9-6-23)18-11-15(12-30)20(22-27-7-10-29(18)22)32-17-4-2-3-16(24)19(17)25;1-13-19(25)22(12-31-13)5-7-28(8-6-22)17-10-27-21(20-26-9-14(11-30)29(17)20)32-16-4-2-3-15(23)18(16)24;1-13-20(26)22(12-30-13)5-8-28(9-6-22)17-11-15(25)19(21-27-7-10-29(17)21)31-16-4-2-3-14(23)18(16)24/h2-4,9-10,13,21,31H,5-8,11-12,26-27H2,1H3;2-4,7,10-11,14,21,30H,5-6,8-9,12-13,26H2,1H3;2-4,9-10,13,19,30H,5-8,11-12,25H2,1H3;2-4,7,10-11,13,20H,5-6,8-9,12,25-26H2,1H3. The number of anilines is 6. The highest BCUT2D eigenvalue weighted by Crippen LogP contribution is 2.52. The molecule has 20 rings (SSSR count). The van der Waals surface area contributed by atoms with Crippen molar-refractivity contribution in [2.75, 3.05) is 110 Å². The molecule has 8 atom stereocenters. The van der Waals surface area contributed by atoms with Crippen LogP contribution < -0.4 is 54.0 Å². The molecule has 128 heavy (non-hydrogen) atoms. The van der Waals surface area contributed by atoms with Crippen LogP contribution in [0.15, 0.2) is 174 Å². The van der Waals surface area contributed by atoms with Gasteiger partial charge >= 0.3 is 0 Å². The Morgan fingerprint density at radius 2 is 0.695 bits per heavy atom. The second kappa shape index (κ2) is 38.9. The lowest BCUT2D eigenvalue weighted by molar-refractivity contribution is 0.0973. The van der Waals surface area contributed by atoms with E-state index in [2.05, 4.69) is 82.1 Å². The Morgan fingerprint density at radius 1 is 0.375 bits per heavy atom. The summed E-state index contributed by atoms with van der Waals surface area (Å²) in [6, 6.07) is 28.5. The average Bonchev–Trinajstić information content (AvgIpc) is 1.64. The number of hydrogen-bond acceptors (Lipinski definition) is 26. The van der Waals surface area contributed by atoms with Crippen LogP contribution >= 0.6 is 140 Å². The summed E-state index contributed by atoms with van der Waals surface area (Å²) in [6.07, 6.45) is 20.9. The van der Waals surface area contributed by atoms with E-state index in [0.29, 0.717) is 85.9 Å². The number of imidazole rings is 4. The van der Waals surface area contributed by atoms with Crippen LogP contribution in [0.25, 0.3) is 22.6 Å². The van der Waals surface area contributed by atoms with Crippen molar-refractivity contribution in [3.63, 3.8) is 0 Å². The van der Waals surface area contributed by atoms with Crippen LogP contribution in [0.4, 0.5) is 34.6 Å². The van der Waals surface area contributed by atoms with E-state index in [9.17, 15) is 15.3 Å². The molecule has 8 aliphatic heterocycles. The molecule has 8 saturated heterocycles. The molecule has 4 spiro atoms. The van der Waals surface area contributed by atoms with Gasteiger partial charge in [-0.05, 0) is 139 Å². The number of hydrogen-bond donors (Lipinski definition) is 9. The van der Waals surface area contributed by atoms with E-state index >= 15 is 0 Å². The molecule has 8 aliphatic rings. The van der Waals surface area contributed by atoms with Crippen molar-refractivity contribution in [3.8, 4) is 0 Å². The number of aliphatic hydroxyl groups excluding tert-OH is 3. The summed E-state index contributed by atoms with van der Waals surface area (Å²) in [7, 11) is 0. The predicted molar refractivity (Wildman–Crippen MR) is 517 cm³/mol. The fraction of sp³-hybridized carbons (Fsp3) is 0.433. The minimum absolute atomic E-state index is 0.0223. The van der Waals surface area contributed by atoms with Crippen molar-refractivity contribution in [2.45, 2.75) is 187 Å². The minimum atomic E-state index is -0.131. The maximum atomic E-state index is 10.2. The number of aliphatic hydroxyl groups is 3. The van der Waals surface area contributed by atoms with Crippen LogP contribution in [0.3, 0.4) is 0 Å². The van der Waals surface area contributed by atoms with E-state index in [4.69, 9.17) is 151 Å². The predicted octanol–water partition coefficient (Wildman–Crippen LogP) is 17.5. The van der Waals surface area contributed by atoms with Gasteiger partial charge in [-0.15, -0.1) is 0 Å². The molecule has 4 aromatic carbocycles. The van der Waals surface area contributed by atoms with Gasteiger partial charge in [-0.2, -0.15) is 0 Å². The molecular weight excluding hydrogens is 1870 g/mol. The lowest BCUT2D eigenvalue weighted by Crippen LogP contribution is -2.51. The van der Waals surface area contributed by atoms with Crippen molar-refractivity contribution >= 4 is 197 Å². The highest BCUT2D eigenvalue weighted by Gasteiger charge is 2.52.